The molecular weight excluding hydrogens is 142 g/mol. The number of aromatic amines is 1. The van der Waals surface area contributed by atoms with Crippen LogP contribution in [0, 0.1) is 0 Å². The molecule has 4 nitrogen and oxygen atoms in total. The summed E-state index contributed by atoms with van der Waals surface area (Å²) in [5, 5.41) is 9.44. The predicted molar refractivity (Wildman–Crippen MR) is 42.1 cm³/mol. The average Bonchev–Trinajstić information content (AvgIpc) is 2.35. The second-order valence-corrected chi connectivity index (χ2v) is 2.75. The topological polar surface area (TPSA) is 52.1 Å². The van der Waals surface area contributed by atoms with E-state index in [1.807, 2.05) is 19.0 Å². The maximum Gasteiger partial charge on any atom is 0.136 e. The van der Waals surface area contributed by atoms with Crippen LogP contribution in [0.15, 0.2) is 12.4 Å². The van der Waals surface area contributed by atoms with Gasteiger partial charge in [0.25, 0.3) is 0 Å². The van der Waals surface area contributed by atoms with Crippen LogP contribution in [-0.2, 0) is 0 Å². The summed E-state index contributed by atoms with van der Waals surface area (Å²) in [6.07, 6.45) is 2.82. The lowest BCUT2D eigenvalue weighted by molar-refractivity contribution is 0.131. The van der Waals surface area contributed by atoms with Gasteiger partial charge in [-0.2, -0.15) is 0 Å². The van der Waals surface area contributed by atoms with E-state index in [1.165, 1.54) is 0 Å². The number of hydrogen-bond acceptors (Lipinski definition) is 3. The van der Waals surface area contributed by atoms with Gasteiger partial charge >= 0.3 is 0 Å². The van der Waals surface area contributed by atoms with Gasteiger partial charge in [0.2, 0.25) is 0 Å². The highest BCUT2D eigenvalue weighted by atomic mass is 16.3. The molecule has 0 saturated heterocycles. The molecule has 0 aromatic carbocycles. The third kappa shape index (κ3) is 2.32. The molecule has 2 N–H and O–H groups in total. The van der Waals surface area contributed by atoms with Crippen molar-refractivity contribution < 1.29 is 5.11 Å². The Hall–Kier alpha value is -0.870. The Morgan fingerprint density at radius 3 is 2.91 bits per heavy atom. The van der Waals surface area contributed by atoms with E-state index in [9.17, 15) is 5.11 Å². The smallest absolute Gasteiger partial charge is 0.136 e. The number of aliphatic hydroxyl groups excluding tert-OH is 1. The molecule has 4 heteroatoms. The van der Waals surface area contributed by atoms with Gasteiger partial charge < -0.3 is 15.0 Å². The molecule has 1 aromatic rings. The van der Waals surface area contributed by atoms with Gasteiger partial charge in [0.05, 0.1) is 0 Å². The van der Waals surface area contributed by atoms with Crippen molar-refractivity contribution in [3.63, 3.8) is 0 Å². The largest absolute Gasteiger partial charge is 0.384 e. The van der Waals surface area contributed by atoms with Gasteiger partial charge in [0, 0.05) is 18.9 Å². The van der Waals surface area contributed by atoms with Crippen LogP contribution >= 0.6 is 0 Å². The van der Waals surface area contributed by atoms with Crippen LogP contribution in [0.3, 0.4) is 0 Å². The van der Waals surface area contributed by atoms with Crippen LogP contribution in [0.5, 0.6) is 0 Å². The van der Waals surface area contributed by atoms with Crippen molar-refractivity contribution in [2.75, 3.05) is 20.6 Å². The molecule has 1 atom stereocenters. The van der Waals surface area contributed by atoms with Gasteiger partial charge in [0.1, 0.15) is 11.9 Å². The number of H-pyrrole nitrogens is 1. The predicted octanol–water partition coefficient (Wildman–Crippen LogP) is 0.00470. The van der Waals surface area contributed by atoms with E-state index in [-0.39, 0.29) is 0 Å². The first kappa shape index (κ1) is 8.23. The molecule has 0 aliphatic rings. The molecule has 1 aromatic heterocycles. The van der Waals surface area contributed by atoms with Crippen molar-refractivity contribution in [3.05, 3.63) is 18.2 Å². The summed E-state index contributed by atoms with van der Waals surface area (Å²) in [5.74, 6) is 0.624. The molecule has 0 spiro atoms. The fourth-order valence-corrected chi connectivity index (χ4v) is 0.892. The van der Waals surface area contributed by atoms with Gasteiger partial charge in [-0.05, 0) is 14.1 Å². The van der Waals surface area contributed by atoms with Crippen molar-refractivity contribution in [2.24, 2.45) is 0 Å². The Kier molecular flexibility index (Phi) is 2.62. The molecule has 1 unspecified atom stereocenters. The van der Waals surface area contributed by atoms with Crippen molar-refractivity contribution >= 4 is 0 Å². The fourth-order valence-electron chi connectivity index (χ4n) is 0.892. The number of hydrogen-bond donors (Lipinski definition) is 2. The van der Waals surface area contributed by atoms with Gasteiger partial charge in [-0.15, -0.1) is 0 Å². The Labute approximate surface area is 65.9 Å². The van der Waals surface area contributed by atoms with Crippen molar-refractivity contribution in [2.45, 2.75) is 6.10 Å². The van der Waals surface area contributed by atoms with Crippen molar-refractivity contribution in [1.82, 2.24) is 14.9 Å². The Morgan fingerprint density at radius 1 is 1.73 bits per heavy atom. The molecule has 0 aliphatic heterocycles. The van der Waals surface area contributed by atoms with Crippen LogP contribution < -0.4 is 0 Å². The minimum Gasteiger partial charge on any atom is -0.384 e. The summed E-state index contributed by atoms with van der Waals surface area (Å²) in [5.41, 5.74) is 0. The number of likely N-dealkylation sites (N-methyl/N-ethyl adjacent to an activating group) is 1. The summed E-state index contributed by atoms with van der Waals surface area (Å²) in [7, 11) is 3.82. The van der Waals surface area contributed by atoms with Crippen LogP contribution in [-0.4, -0.2) is 40.6 Å². The molecule has 62 valence electrons. The van der Waals surface area contributed by atoms with E-state index in [4.69, 9.17) is 0 Å². The Bertz CT molecular complexity index is 195. The molecule has 0 bridgehead atoms. The number of rotatable bonds is 3. The number of nitrogens with one attached hydrogen (secondary N) is 1. The Morgan fingerprint density at radius 2 is 2.45 bits per heavy atom. The number of imidazole rings is 1. The first-order valence-corrected chi connectivity index (χ1v) is 3.52. The van der Waals surface area contributed by atoms with E-state index in [2.05, 4.69) is 9.97 Å². The number of nitrogens with zero attached hydrogens (tertiary/aromatic N) is 2. The van der Waals surface area contributed by atoms with Gasteiger partial charge in [-0.1, -0.05) is 0 Å². The number of aromatic nitrogens is 2. The SMILES string of the molecule is CN(C)CC(O)c1ncc[nH]1. The third-order valence-electron chi connectivity index (χ3n) is 1.37. The van der Waals surface area contributed by atoms with Crippen LogP contribution in [0.25, 0.3) is 0 Å². The monoisotopic (exact) mass is 155 g/mol. The zero-order valence-corrected chi connectivity index (χ0v) is 6.78. The molecule has 0 aliphatic carbocycles. The third-order valence-corrected chi connectivity index (χ3v) is 1.37. The minimum atomic E-state index is -0.514. The molecular formula is C7H13N3O. The highest BCUT2D eigenvalue weighted by Gasteiger charge is 2.09. The standard InChI is InChI=1S/C7H13N3O/c1-10(2)5-6(11)7-8-3-4-9-7/h3-4,6,11H,5H2,1-2H3,(H,8,9). The lowest BCUT2D eigenvalue weighted by Gasteiger charge is -2.13. The molecule has 1 rings (SSSR count). The molecule has 11 heavy (non-hydrogen) atoms. The second-order valence-electron chi connectivity index (χ2n) is 2.75. The lowest BCUT2D eigenvalue weighted by atomic mass is 10.3. The lowest BCUT2D eigenvalue weighted by Crippen LogP contribution is -2.20. The van der Waals surface area contributed by atoms with Crippen LogP contribution in [0.1, 0.15) is 11.9 Å². The van der Waals surface area contributed by atoms with Crippen LogP contribution in [0.2, 0.25) is 0 Å². The molecule has 0 fully saturated rings. The zero-order chi connectivity index (χ0) is 8.27. The van der Waals surface area contributed by atoms with Gasteiger partial charge in [0.15, 0.2) is 0 Å². The highest BCUT2D eigenvalue weighted by molar-refractivity contribution is 4.92. The summed E-state index contributed by atoms with van der Waals surface area (Å²) < 4.78 is 0. The molecule has 0 radical (unpaired) electrons. The molecule has 0 amide bonds. The fraction of sp³-hybridized carbons (Fsp3) is 0.571. The first-order chi connectivity index (χ1) is 5.20. The normalized spacial score (nSPS) is 13.8. The van der Waals surface area contributed by atoms with E-state index in [0.717, 1.165) is 0 Å². The van der Waals surface area contributed by atoms with E-state index < -0.39 is 6.10 Å². The van der Waals surface area contributed by atoms with E-state index >= 15 is 0 Å². The van der Waals surface area contributed by atoms with Gasteiger partial charge in [-0.3, -0.25) is 0 Å². The Balaban J connectivity index is 2.49. The van der Waals surface area contributed by atoms with Crippen molar-refractivity contribution in [3.8, 4) is 0 Å². The van der Waals surface area contributed by atoms with Crippen molar-refractivity contribution in [1.29, 1.82) is 0 Å². The highest BCUT2D eigenvalue weighted by Crippen LogP contribution is 2.05. The minimum absolute atomic E-state index is 0.514. The summed E-state index contributed by atoms with van der Waals surface area (Å²) in [6.45, 7) is 0.591. The number of aliphatic hydroxyl groups is 1. The zero-order valence-electron chi connectivity index (χ0n) is 6.78. The van der Waals surface area contributed by atoms with E-state index in [0.29, 0.717) is 12.4 Å². The molecule has 1 heterocycles. The average molecular weight is 155 g/mol. The van der Waals surface area contributed by atoms with Gasteiger partial charge in [-0.25, -0.2) is 4.98 Å². The maximum atomic E-state index is 9.44. The summed E-state index contributed by atoms with van der Waals surface area (Å²) in [6, 6.07) is 0. The maximum absolute atomic E-state index is 9.44. The second kappa shape index (κ2) is 3.50. The van der Waals surface area contributed by atoms with E-state index in [1.54, 1.807) is 12.4 Å². The summed E-state index contributed by atoms with van der Waals surface area (Å²) in [4.78, 5) is 8.70. The molecule has 0 saturated carbocycles. The van der Waals surface area contributed by atoms with Crippen LogP contribution in [0.4, 0.5) is 0 Å². The quantitative estimate of drug-likeness (QED) is 0.646. The summed E-state index contributed by atoms with van der Waals surface area (Å²) >= 11 is 0. The first-order valence-electron chi connectivity index (χ1n) is 3.52.